The van der Waals surface area contributed by atoms with Crippen molar-refractivity contribution in [2.75, 3.05) is 18.4 Å². The number of hydrogen-bond acceptors (Lipinski definition) is 6. The number of carbonyl (C=O) groups is 2. The third-order valence-corrected chi connectivity index (χ3v) is 6.54. The number of nitrogens with zero attached hydrogens (tertiary/aromatic N) is 4. The van der Waals surface area contributed by atoms with Gasteiger partial charge in [0.25, 0.3) is 17.4 Å². The average molecular weight is 421 g/mol. The molecule has 2 aliphatic rings. The van der Waals surface area contributed by atoms with Crippen LogP contribution in [0.3, 0.4) is 0 Å². The summed E-state index contributed by atoms with van der Waals surface area (Å²) in [5, 5.41) is 4.56. The van der Waals surface area contributed by atoms with Crippen LogP contribution in [0.5, 0.6) is 0 Å². The lowest BCUT2D eigenvalue weighted by atomic mass is 9.83. The molecule has 2 aliphatic heterocycles. The van der Waals surface area contributed by atoms with Crippen LogP contribution in [0.15, 0.2) is 53.0 Å². The third-order valence-electron chi connectivity index (χ3n) is 5.67. The zero-order valence-electron chi connectivity index (χ0n) is 16.0. The fourth-order valence-electron chi connectivity index (χ4n) is 4.37. The summed E-state index contributed by atoms with van der Waals surface area (Å²) >= 11 is 1.33. The van der Waals surface area contributed by atoms with Crippen LogP contribution >= 0.6 is 11.3 Å². The number of likely N-dealkylation sites (tertiary alicyclic amines) is 1. The number of anilines is 1. The van der Waals surface area contributed by atoms with Crippen molar-refractivity contribution in [3.05, 3.63) is 74.9 Å². The normalized spacial score (nSPS) is 19.8. The molecule has 0 aromatic carbocycles. The van der Waals surface area contributed by atoms with E-state index in [4.69, 9.17) is 0 Å². The molecule has 2 atom stereocenters. The number of aromatic nitrogens is 3. The summed E-state index contributed by atoms with van der Waals surface area (Å²) in [6.45, 7) is 1.63. The molecule has 0 unspecified atom stereocenters. The van der Waals surface area contributed by atoms with Gasteiger partial charge in [0.15, 0.2) is 0 Å². The van der Waals surface area contributed by atoms with E-state index in [0.29, 0.717) is 30.2 Å². The summed E-state index contributed by atoms with van der Waals surface area (Å²) in [6, 6.07) is 7.09. The van der Waals surface area contributed by atoms with Gasteiger partial charge in [0, 0.05) is 43.6 Å². The van der Waals surface area contributed by atoms with Gasteiger partial charge in [-0.25, -0.2) is 4.98 Å². The van der Waals surface area contributed by atoms with Crippen molar-refractivity contribution >= 4 is 28.8 Å². The van der Waals surface area contributed by atoms with E-state index in [1.807, 2.05) is 16.3 Å². The van der Waals surface area contributed by atoms with Crippen LogP contribution in [-0.4, -0.2) is 44.3 Å². The van der Waals surface area contributed by atoms with Gasteiger partial charge in [0.2, 0.25) is 0 Å². The molecule has 1 saturated heterocycles. The highest BCUT2D eigenvalue weighted by Crippen LogP contribution is 2.35. The van der Waals surface area contributed by atoms with Crippen LogP contribution in [0, 0.1) is 5.92 Å². The van der Waals surface area contributed by atoms with E-state index in [0.717, 1.165) is 12.1 Å². The molecule has 0 saturated carbocycles. The zero-order chi connectivity index (χ0) is 20.7. The molecule has 0 spiro atoms. The summed E-state index contributed by atoms with van der Waals surface area (Å²) in [5.74, 6) is -0.154. The highest BCUT2D eigenvalue weighted by Gasteiger charge is 2.37. The fourth-order valence-corrected chi connectivity index (χ4v) is 4.99. The van der Waals surface area contributed by atoms with Crippen LogP contribution in [0.1, 0.15) is 38.2 Å². The molecule has 152 valence electrons. The van der Waals surface area contributed by atoms with Gasteiger partial charge in [-0.1, -0.05) is 6.07 Å². The first-order chi connectivity index (χ1) is 14.6. The number of piperidine rings is 1. The second-order valence-electron chi connectivity index (χ2n) is 7.62. The van der Waals surface area contributed by atoms with E-state index in [-0.39, 0.29) is 34.9 Å². The maximum absolute atomic E-state index is 13.0. The van der Waals surface area contributed by atoms with Crippen LogP contribution in [0.2, 0.25) is 0 Å². The van der Waals surface area contributed by atoms with Gasteiger partial charge < -0.3 is 14.8 Å². The fraction of sp³-hybridized carbons (Fsp3) is 0.286. The topological polar surface area (TPSA) is 97.2 Å². The molecule has 30 heavy (non-hydrogen) atoms. The Morgan fingerprint density at radius 2 is 2.03 bits per heavy atom. The zero-order valence-corrected chi connectivity index (χ0v) is 16.8. The summed E-state index contributed by atoms with van der Waals surface area (Å²) in [4.78, 5) is 48.7. The molecule has 5 rings (SSSR count). The Labute approximate surface area is 176 Å². The van der Waals surface area contributed by atoms with Gasteiger partial charge in [-0.05, 0) is 35.9 Å². The minimum atomic E-state index is -0.278. The third kappa shape index (κ3) is 3.30. The lowest BCUT2D eigenvalue weighted by molar-refractivity contribution is 0.0588. The van der Waals surface area contributed by atoms with Crippen molar-refractivity contribution in [1.29, 1.82) is 0 Å². The molecule has 2 bridgehead atoms. The van der Waals surface area contributed by atoms with Gasteiger partial charge in [-0.2, -0.15) is 0 Å². The lowest BCUT2D eigenvalue weighted by Crippen LogP contribution is -2.49. The maximum Gasteiger partial charge on any atom is 0.274 e. The Bertz CT molecular complexity index is 1160. The Balaban J connectivity index is 1.39. The quantitative estimate of drug-likeness (QED) is 0.699. The highest BCUT2D eigenvalue weighted by atomic mass is 32.1. The monoisotopic (exact) mass is 421 g/mol. The van der Waals surface area contributed by atoms with Crippen LogP contribution in [0.4, 0.5) is 5.69 Å². The molecule has 1 N–H and O–H groups in total. The van der Waals surface area contributed by atoms with E-state index in [9.17, 15) is 14.4 Å². The van der Waals surface area contributed by atoms with E-state index < -0.39 is 0 Å². The number of amides is 2. The van der Waals surface area contributed by atoms with E-state index in [1.165, 1.54) is 23.7 Å². The number of thiophene rings is 1. The van der Waals surface area contributed by atoms with Gasteiger partial charge >= 0.3 is 0 Å². The molecule has 9 heteroatoms. The standard InChI is InChI=1S/C21H19N5O3S/c27-19(18-2-1-7-30-18)24-15-3-4-17-14-8-13(11-26(17)21(15)29)10-25(12-14)20(28)16-9-22-5-6-23-16/h1-7,9,13-14H,8,10-12H2,(H,24,27)/t13-,14-/m1/s1. The van der Waals surface area contributed by atoms with Crippen molar-refractivity contribution in [1.82, 2.24) is 19.4 Å². The molecule has 2 amide bonds. The highest BCUT2D eigenvalue weighted by molar-refractivity contribution is 7.12. The Hall–Kier alpha value is -3.33. The SMILES string of the molecule is O=C(Nc1ccc2n(c1=O)C[C@@H]1C[C@@H]2CN(C(=O)c2cnccn2)C1)c1cccs1. The second-order valence-corrected chi connectivity index (χ2v) is 8.57. The molecule has 3 aromatic heterocycles. The molecule has 5 heterocycles. The molecule has 8 nitrogen and oxygen atoms in total. The first-order valence-corrected chi connectivity index (χ1v) is 10.6. The van der Waals surface area contributed by atoms with Crippen LogP contribution in [-0.2, 0) is 6.54 Å². The minimum absolute atomic E-state index is 0.0767. The van der Waals surface area contributed by atoms with Crippen LogP contribution in [0.25, 0.3) is 0 Å². The van der Waals surface area contributed by atoms with E-state index >= 15 is 0 Å². The van der Waals surface area contributed by atoms with Gasteiger partial charge in [-0.15, -0.1) is 11.3 Å². The molecular weight excluding hydrogens is 402 g/mol. The van der Waals surface area contributed by atoms with Gasteiger partial charge in [0.1, 0.15) is 11.4 Å². The maximum atomic E-state index is 13.0. The summed E-state index contributed by atoms with van der Waals surface area (Å²) in [6.07, 6.45) is 5.47. The Kier molecular flexibility index (Phi) is 4.66. The molecule has 0 aliphatic carbocycles. The minimum Gasteiger partial charge on any atom is -0.336 e. The average Bonchev–Trinajstić information content (AvgIpc) is 3.31. The van der Waals surface area contributed by atoms with Crippen molar-refractivity contribution < 1.29 is 9.59 Å². The van der Waals surface area contributed by atoms with Crippen molar-refractivity contribution in [3.8, 4) is 0 Å². The van der Waals surface area contributed by atoms with E-state index in [1.54, 1.807) is 29.0 Å². The number of pyridine rings is 1. The van der Waals surface area contributed by atoms with Crippen molar-refractivity contribution in [2.24, 2.45) is 5.92 Å². The Morgan fingerprint density at radius 1 is 1.13 bits per heavy atom. The summed E-state index contributed by atoms with van der Waals surface area (Å²) < 4.78 is 1.76. The number of rotatable bonds is 3. The molecular formula is C21H19N5O3S. The van der Waals surface area contributed by atoms with Crippen molar-refractivity contribution in [2.45, 2.75) is 18.9 Å². The summed E-state index contributed by atoms with van der Waals surface area (Å²) in [7, 11) is 0. The molecule has 1 fully saturated rings. The predicted molar refractivity (Wildman–Crippen MR) is 112 cm³/mol. The number of fused-ring (bicyclic) bond motifs is 4. The first kappa shape index (κ1) is 18.7. The smallest absolute Gasteiger partial charge is 0.274 e. The lowest BCUT2D eigenvalue weighted by Gasteiger charge is -2.42. The van der Waals surface area contributed by atoms with Crippen molar-refractivity contribution in [3.63, 3.8) is 0 Å². The first-order valence-electron chi connectivity index (χ1n) is 9.74. The molecule has 0 radical (unpaired) electrons. The van der Waals surface area contributed by atoms with Gasteiger partial charge in [0.05, 0.1) is 11.1 Å². The van der Waals surface area contributed by atoms with Crippen LogP contribution < -0.4 is 10.9 Å². The largest absolute Gasteiger partial charge is 0.336 e. The molecule has 3 aromatic rings. The Morgan fingerprint density at radius 3 is 2.80 bits per heavy atom. The second kappa shape index (κ2) is 7.49. The predicted octanol–water partition coefficient (Wildman–Crippen LogP) is 2.21. The number of nitrogens with one attached hydrogen (secondary N) is 1. The van der Waals surface area contributed by atoms with E-state index in [2.05, 4.69) is 15.3 Å². The summed E-state index contributed by atoms with van der Waals surface area (Å²) in [5.41, 5.74) is 1.33. The number of hydrogen-bond donors (Lipinski definition) is 1. The van der Waals surface area contributed by atoms with Gasteiger partial charge in [-0.3, -0.25) is 19.4 Å². The number of carbonyl (C=O) groups excluding carboxylic acids is 2.